The van der Waals surface area contributed by atoms with Gasteiger partial charge in [-0.2, -0.15) is 5.10 Å². The third-order valence-corrected chi connectivity index (χ3v) is 5.90. The molecule has 0 fully saturated rings. The lowest BCUT2D eigenvalue weighted by Crippen LogP contribution is -2.37. The Balaban J connectivity index is 1.65. The Kier molecular flexibility index (Phi) is 6.40. The topological polar surface area (TPSA) is 58.4 Å². The van der Waals surface area contributed by atoms with E-state index in [9.17, 15) is 9.59 Å². The first-order valence-corrected chi connectivity index (χ1v) is 11.2. The highest BCUT2D eigenvalue weighted by atomic mass is 16.2. The van der Waals surface area contributed by atoms with Crippen molar-refractivity contribution in [3.63, 3.8) is 0 Å². The summed E-state index contributed by atoms with van der Waals surface area (Å²) in [6.07, 6.45) is 1.33. The second-order valence-corrected chi connectivity index (χ2v) is 8.75. The van der Waals surface area contributed by atoms with Gasteiger partial charge in [-0.25, -0.2) is 0 Å². The first-order chi connectivity index (χ1) is 15.4. The van der Waals surface area contributed by atoms with Crippen LogP contribution in [0.25, 0.3) is 0 Å². The van der Waals surface area contributed by atoms with Gasteiger partial charge < -0.3 is 9.80 Å². The standard InChI is InChI=1S/C26H30N4O2/c1-19(2)16-25(31)29-15-14-24-22(17-29)23(27-28(24)3)18-30(21-12-8-5-9-13-21)26(32)20-10-6-4-7-11-20/h4-13,19H,14-18H2,1-3H3. The number of nitrogens with zero attached hydrogens (tertiary/aromatic N) is 4. The van der Waals surface area contributed by atoms with Crippen LogP contribution in [0.3, 0.4) is 0 Å². The molecule has 0 aliphatic carbocycles. The molecule has 0 spiro atoms. The molecule has 1 aliphatic heterocycles. The molecule has 32 heavy (non-hydrogen) atoms. The zero-order valence-electron chi connectivity index (χ0n) is 19.0. The number of carbonyl (C=O) groups is 2. The fourth-order valence-corrected chi connectivity index (χ4v) is 4.26. The quantitative estimate of drug-likeness (QED) is 0.589. The van der Waals surface area contributed by atoms with E-state index in [1.807, 2.05) is 77.3 Å². The van der Waals surface area contributed by atoms with E-state index in [1.54, 1.807) is 4.90 Å². The van der Waals surface area contributed by atoms with Gasteiger partial charge in [0.2, 0.25) is 5.91 Å². The van der Waals surface area contributed by atoms with Crippen LogP contribution in [-0.4, -0.2) is 33.0 Å². The second kappa shape index (κ2) is 9.39. The highest BCUT2D eigenvalue weighted by Gasteiger charge is 2.29. The molecule has 0 saturated heterocycles. The Hall–Kier alpha value is -3.41. The normalized spacial score (nSPS) is 13.2. The molecule has 3 aromatic rings. The number of aromatic nitrogens is 2. The third kappa shape index (κ3) is 4.59. The van der Waals surface area contributed by atoms with Gasteiger partial charge in [0.05, 0.1) is 12.2 Å². The van der Waals surface area contributed by atoms with Crippen LogP contribution in [-0.2, 0) is 31.4 Å². The molecule has 0 saturated carbocycles. The number of carbonyl (C=O) groups excluding carboxylic acids is 2. The van der Waals surface area contributed by atoms with E-state index >= 15 is 0 Å². The van der Waals surface area contributed by atoms with Gasteiger partial charge in [-0.15, -0.1) is 0 Å². The molecule has 6 nitrogen and oxygen atoms in total. The second-order valence-electron chi connectivity index (χ2n) is 8.75. The van der Waals surface area contributed by atoms with Crippen LogP contribution in [0.1, 0.15) is 47.6 Å². The van der Waals surface area contributed by atoms with Gasteiger partial charge in [-0.1, -0.05) is 50.2 Å². The van der Waals surface area contributed by atoms with Crippen LogP contribution in [0, 0.1) is 5.92 Å². The third-order valence-electron chi connectivity index (χ3n) is 5.90. The number of benzene rings is 2. The van der Waals surface area contributed by atoms with Crippen molar-refractivity contribution in [2.24, 2.45) is 13.0 Å². The molecule has 2 heterocycles. The number of anilines is 1. The molecule has 4 rings (SSSR count). The number of hydrogen-bond acceptors (Lipinski definition) is 3. The molecule has 0 unspecified atom stereocenters. The summed E-state index contributed by atoms with van der Waals surface area (Å²) >= 11 is 0. The molecular weight excluding hydrogens is 400 g/mol. The average Bonchev–Trinajstić information content (AvgIpc) is 3.12. The summed E-state index contributed by atoms with van der Waals surface area (Å²) in [4.78, 5) is 29.9. The summed E-state index contributed by atoms with van der Waals surface area (Å²) in [5.41, 5.74) is 4.52. The van der Waals surface area contributed by atoms with Crippen LogP contribution in [0.5, 0.6) is 0 Å². The predicted octanol–water partition coefficient (Wildman–Crippen LogP) is 4.20. The molecule has 1 aromatic heterocycles. The number of amides is 2. The summed E-state index contributed by atoms with van der Waals surface area (Å²) in [6, 6.07) is 19.0. The van der Waals surface area contributed by atoms with Crippen molar-refractivity contribution < 1.29 is 9.59 Å². The summed E-state index contributed by atoms with van der Waals surface area (Å²) in [7, 11) is 1.94. The minimum absolute atomic E-state index is 0.0697. The summed E-state index contributed by atoms with van der Waals surface area (Å²) < 4.78 is 1.91. The molecule has 2 amide bonds. The lowest BCUT2D eigenvalue weighted by atomic mass is 10.0. The average molecular weight is 431 g/mol. The van der Waals surface area contributed by atoms with Crippen LogP contribution in [0.15, 0.2) is 60.7 Å². The van der Waals surface area contributed by atoms with Crippen LogP contribution in [0.2, 0.25) is 0 Å². The molecule has 0 radical (unpaired) electrons. The molecule has 2 aromatic carbocycles. The fraction of sp³-hybridized carbons (Fsp3) is 0.346. The molecule has 1 aliphatic rings. The highest BCUT2D eigenvalue weighted by molar-refractivity contribution is 6.06. The van der Waals surface area contributed by atoms with E-state index in [0.29, 0.717) is 37.5 Å². The fourth-order valence-electron chi connectivity index (χ4n) is 4.26. The van der Waals surface area contributed by atoms with Crippen molar-refractivity contribution in [2.45, 2.75) is 39.8 Å². The van der Waals surface area contributed by atoms with Crippen molar-refractivity contribution in [1.82, 2.24) is 14.7 Å². The van der Waals surface area contributed by atoms with E-state index in [0.717, 1.165) is 29.1 Å². The van der Waals surface area contributed by atoms with Gasteiger partial charge >= 0.3 is 0 Å². The Morgan fingerprint density at radius 3 is 2.34 bits per heavy atom. The predicted molar refractivity (Wildman–Crippen MR) is 125 cm³/mol. The summed E-state index contributed by atoms with van der Waals surface area (Å²) in [5.74, 6) is 0.440. The Bertz CT molecular complexity index is 1090. The van der Waals surface area contributed by atoms with E-state index in [4.69, 9.17) is 5.10 Å². The van der Waals surface area contributed by atoms with Crippen LogP contribution < -0.4 is 4.90 Å². The Morgan fingerprint density at radius 1 is 1.03 bits per heavy atom. The van der Waals surface area contributed by atoms with E-state index in [1.165, 1.54) is 0 Å². The molecular formula is C26H30N4O2. The van der Waals surface area contributed by atoms with Crippen molar-refractivity contribution >= 4 is 17.5 Å². The van der Waals surface area contributed by atoms with Gasteiger partial charge in [0.15, 0.2) is 0 Å². The van der Waals surface area contributed by atoms with Crippen molar-refractivity contribution in [3.8, 4) is 0 Å². The summed E-state index contributed by atoms with van der Waals surface area (Å²) in [5, 5.41) is 4.77. The first-order valence-electron chi connectivity index (χ1n) is 11.2. The lowest BCUT2D eigenvalue weighted by Gasteiger charge is -2.29. The maximum atomic E-state index is 13.4. The van der Waals surface area contributed by atoms with Crippen molar-refractivity contribution in [3.05, 3.63) is 83.2 Å². The molecule has 6 heteroatoms. The van der Waals surface area contributed by atoms with E-state index < -0.39 is 0 Å². The SMILES string of the molecule is CC(C)CC(=O)N1CCc2c(c(CN(C(=O)c3ccccc3)c3ccccc3)nn2C)C1. The maximum Gasteiger partial charge on any atom is 0.258 e. The van der Waals surface area contributed by atoms with Gasteiger partial charge in [0.25, 0.3) is 5.91 Å². The minimum atomic E-state index is -0.0697. The minimum Gasteiger partial charge on any atom is -0.338 e. The number of fused-ring (bicyclic) bond motifs is 1. The molecule has 166 valence electrons. The summed E-state index contributed by atoms with van der Waals surface area (Å²) in [6.45, 7) is 5.74. The monoisotopic (exact) mass is 430 g/mol. The van der Waals surface area contributed by atoms with Gasteiger partial charge in [-0.3, -0.25) is 14.3 Å². The van der Waals surface area contributed by atoms with Gasteiger partial charge in [0.1, 0.15) is 0 Å². The van der Waals surface area contributed by atoms with Crippen molar-refractivity contribution in [2.75, 3.05) is 11.4 Å². The van der Waals surface area contributed by atoms with Gasteiger partial charge in [-0.05, 0) is 30.2 Å². The largest absolute Gasteiger partial charge is 0.338 e. The number of rotatable bonds is 6. The number of para-hydroxylation sites is 1. The molecule has 0 N–H and O–H groups in total. The Labute approximate surface area is 189 Å². The van der Waals surface area contributed by atoms with E-state index in [2.05, 4.69) is 13.8 Å². The number of hydrogen-bond donors (Lipinski definition) is 0. The van der Waals surface area contributed by atoms with Crippen LogP contribution >= 0.6 is 0 Å². The van der Waals surface area contributed by atoms with Crippen LogP contribution in [0.4, 0.5) is 5.69 Å². The van der Waals surface area contributed by atoms with Crippen molar-refractivity contribution in [1.29, 1.82) is 0 Å². The lowest BCUT2D eigenvalue weighted by molar-refractivity contribution is -0.132. The Morgan fingerprint density at radius 2 is 1.69 bits per heavy atom. The van der Waals surface area contributed by atoms with E-state index in [-0.39, 0.29) is 11.8 Å². The number of aryl methyl sites for hydroxylation is 1. The van der Waals surface area contributed by atoms with Gasteiger partial charge in [0, 0.05) is 55.5 Å². The zero-order chi connectivity index (χ0) is 22.7. The smallest absolute Gasteiger partial charge is 0.258 e. The zero-order valence-corrected chi connectivity index (χ0v) is 19.0. The highest BCUT2D eigenvalue weighted by Crippen LogP contribution is 2.27. The molecule has 0 bridgehead atoms. The molecule has 0 atom stereocenters. The maximum absolute atomic E-state index is 13.4. The first kappa shape index (κ1) is 21.8.